The number of rotatable bonds is 4. The summed E-state index contributed by atoms with van der Waals surface area (Å²) in [5.41, 5.74) is 6.96. The standard InChI is InChI=1S/C10H15N3O/c1-7(6-10(11)14)13-9-4-3-5-12-8(9)2/h3-5,7,13H,6H2,1-2H3,(H2,11,14). The van der Waals surface area contributed by atoms with Crippen molar-refractivity contribution < 1.29 is 4.79 Å². The van der Waals surface area contributed by atoms with E-state index in [9.17, 15) is 4.79 Å². The lowest BCUT2D eigenvalue weighted by Gasteiger charge is -2.14. The molecule has 1 amide bonds. The van der Waals surface area contributed by atoms with Crippen LogP contribution in [-0.2, 0) is 4.79 Å². The second-order valence-corrected chi connectivity index (χ2v) is 3.35. The van der Waals surface area contributed by atoms with Crippen molar-refractivity contribution in [2.45, 2.75) is 26.3 Å². The summed E-state index contributed by atoms with van der Waals surface area (Å²) in [6.07, 6.45) is 2.06. The Morgan fingerprint density at radius 3 is 3.00 bits per heavy atom. The van der Waals surface area contributed by atoms with E-state index in [0.717, 1.165) is 11.4 Å². The lowest BCUT2D eigenvalue weighted by molar-refractivity contribution is -0.118. The van der Waals surface area contributed by atoms with E-state index < -0.39 is 0 Å². The van der Waals surface area contributed by atoms with Gasteiger partial charge >= 0.3 is 0 Å². The highest BCUT2D eigenvalue weighted by Crippen LogP contribution is 2.12. The molecule has 0 aliphatic carbocycles. The maximum atomic E-state index is 10.7. The zero-order valence-corrected chi connectivity index (χ0v) is 8.45. The van der Waals surface area contributed by atoms with Crippen molar-refractivity contribution in [3.05, 3.63) is 24.0 Å². The molecule has 0 aliphatic rings. The van der Waals surface area contributed by atoms with Crippen LogP contribution in [0.3, 0.4) is 0 Å². The third-order valence-electron chi connectivity index (χ3n) is 1.92. The van der Waals surface area contributed by atoms with Crippen molar-refractivity contribution in [1.29, 1.82) is 0 Å². The Morgan fingerprint density at radius 1 is 1.71 bits per heavy atom. The molecule has 1 aromatic rings. The van der Waals surface area contributed by atoms with Crippen LogP contribution in [0.2, 0.25) is 0 Å². The number of carbonyl (C=O) groups excluding carboxylic acids is 1. The van der Waals surface area contributed by atoms with Gasteiger partial charge in [-0.15, -0.1) is 0 Å². The lowest BCUT2D eigenvalue weighted by atomic mass is 10.2. The Bertz CT molecular complexity index is 325. The van der Waals surface area contributed by atoms with Crippen molar-refractivity contribution in [2.24, 2.45) is 5.73 Å². The van der Waals surface area contributed by atoms with E-state index in [1.54, 1.807) is 6.20 Å². The second-order valence-electron chi connectivity index (χ2n) is 3.35. The lowest BCUT2D eigenvalue weighted by Crippen LogP contribution is -2.24. The molecule has 4 heteroatoms. The molecule has 1 aromatic heterocycles. The Kier molecular flexibility index (Phi) is 3.45. The minimum absolute atomic E-state index is 0.0374. The van der Waals surface area contributed by atoms with Gasteiger partial charge in [0.25, 0.3) is 0 Å². The molecule has 1 rings (SSSR count). The first-order valence-corrected chi connectivity index (χ1v) is 4.56. The number of nitrogens with zero attached hydrogens (tertiary/aromatic N) is 1. The van der Waals surface area contributed by atoms with E-state index in [-0.39, 0.29) is 11.9 Å². The predicted molar refractivity (Wildman–Crippen MR) is 55.9 cm³/mol. The van der Waals surface area contributed by atoms with Crippen LogP contribution < -0.4 is 11.1 Å². The molecule has 76 valence electrons. The Labute approximate surface area is 83.5 Å². The van der Waals surface area contributed by atoms with E-state index in [0.29, 0.717) is 6.42 Å². The van der Waals surface area contributed by atoms with Crippen LogP contribution in [0, 0.1) is 6.92 Å². The Morgan fingerprint density at radius 2 is 2.43 bits per heavy atom. The minimum atomic E-state index is -0.299. The summed E-state index contributed by atoms with van der Waals surface area (Å²) in [6.45, 7) is 3.83. The van der Waals surface area contributed by atoms with Gasteiger partial charge in [-0.3, -0.25) is 9.78 Å². The van der Waals surface area contributed by atoms with Crippen LogP contribution in [0.15, 0.2) is 18.3 Å². The molecule has 3 N–H and O–H groups in total. The number of pyridine rings is 1. The maximum absolute atomic E-state index is 10.7. The average Bonchev–Trinajstić information content (AvgIpc) is 2.07. The van der Waals surface area contributed by atoms with Crippen molar-refractivity contribution in [2.75, 3.05) is 5.32 Å². The van der Waals surface area contributed by atoms with E-state index >= 15 is 0 Å². The second kappa shape index (κ2) is 4.60. The van der Waals surface area contributed by atoms with Crippen molar-refractivity contribution in [3.63, 3.8) is 0 Å². The van der Waals surface area contributed by atoms with Crippen LogP contribution in [0.1, 0.15) is 19.0 Å². The van der Waals surface area contributed by atoms with E-state index in [1.807, 2.05) is 26.0 Å². The summed E-state index contributed by atoms with van der Waals surface area (Å²) in [5, 5.41) is 3.18. The summed E-state index contributed by atoms with van der Waals surface area (Å²) < 4.78 is 0. The molecule has 4 nitrogen and oxygen atoms in total. The Balaban J connectivity index is 2.60. The third kappa shape index (κ3) is 3.05. The van der Waals surface area contributed by atoms with Crippen molar-refractivity contribution in [3.8, 4) is 0 Å². The Hall–Kier alpha value is -1.58. The molecule has 0 bridgehead atoms. The summed E-state index contributed by atoms with van der Waals surface area (Å²) in [5.74, 6) is -0.299. The highest BCUT2D eigenvalue weighted by molar-refractivity contribution is 5.74. The van der Waals surface area contributed by atoms with Gasteiger partial charge < -0.3 is 11.1 Å². The monoisotopic (exact) mass is 193 g/mol. The van der Waals surface area contributed by atoms with Gasteiger partial charge in [-0.1, -0.05) is 0 Å². The molecule has 1 heterocycles. The predicted octanol–water partition coefficient (Wildman–Crippen LogP) is 1.07. The highest BCUT2D eigenvalue weighted by atomic mass is 16.1. The minimum Gasteiger partial charge on any atom is -0.381 e. The van der Waals surface area contributed by atoms with Gasteiger partial charge in [0.1, 0.15) is 0 Å². The summed E-state index contributed by atoms with van der Waals surface area (Å²) >= 11 is 0. The largest absolute Gasteiger partial charge is 0.381 e. The number of aryl methyl sites for hydroxylation is 1. The topological polar surface area (TPSA) is 68.0 Å². The van der Waals surface area contributed by atoms with Crippen LogP contribution in [0.5, 0.6) is 0 Å². The third-order valence-corrected chi connectivity index (χ3v) is 1.92. The molecular weight excluding hydrogens is 178 g/mol. The van der Waals surface area contributed by atoms with Gasteiger partial charge in [0.2, 0.25) is 5.91 Å². The molecule has 0 spiro atoms. The van der Waals surface area contributed by atoms with Gasteiger partial charge in [0, 0.05) is 18.7 Å². The molecular formula is C10H15N3O. The summed E-state index contributed by atoms with van der Waals surface area (Å²) in [6, 6.07) is 3.82. The number of aromatic nitrogens is 1. The SMILES string of the molecule is Cc1ncccc1NC(C)CC(N)=O. The molecule has 1 unspecified atom stereocenters. The number of primary amides is 1. The first-order chi connectivity index (χ1) is 6.59. The molecule has 0 aliphatic heterocycles. The van der Waals surface area contributed by atoms with Gasteiger partial charge in [-0.25, -0.2) is 0 Å². The van der Waals surface area contributed by atoms with Crippen LogP contribution >= 0.6 is 0 Å². The van der Waals surface area contributed by atoms with E-state index in [1.165, 1.54) is 0 Å². The maximum Gasteiger partial charge on any atom is 0.219 e. The fourth-order valence-corrected chi connectivity index (χ4v) is 1.26. The number of hydrogen-bond donors (Lipinski definition) is 2. The number of carbonyl (C=O) groups is 1. The first kappa shape index (κ1) is 10.5. The van der Waals surface area contributed by atoms with Gasteiger partial charge in [-0.05, 0) is 26.0 Å². The number of hydrogen-bond acceptors (Lipinski definition) is 3. The van der Waals surface area contributed by atoms with Gasteiger partial charge in [0.05, 0.1) is 11.4 Å². The number of anilines is 1. The van der Waals surface area contributed by atoms with E-state index in [2.05, 4.69) is 10.3 Å². The number of amides is 1. The fraction of sp³-hybridized carbons (Fsp3) is 0.400. The zero-order chi connectivity index (χ0) is 10.6. The molecule has 0 aromatic carbocycles. The zero-order valence-electron chi connectivity index (χ0n) is 8.45. The van der Waals surface area contributed by atoms with Gasteiger partial charge in [0.15, 0.2) is 0 Å². The molecule has 14 heavy (non-hydrogen) atoms. The highest BCUT2D eigenvalue weighted by Gasteiger charge is 2.06. The van der Waals surface area contributed by atoms with Crippen molar-refractivity contribution in [1.82, 2.24) is 4.98 Å². The molecule has 0 saturated carbocycles. The quantitative estimate of drug-likeness (QED) is 0.751. The number of nitrogens with two attached hydrogens (primary N) is 1. The van der Waals surface area contributed by atoms with Crippen LogP contribution in [-0.4, -0.2) is 16.9 Å². The van der Waals surface area contributed by atoms with Crippen LogP contribution in [0.25, 0.3) is 0 Å². The molecule has 1 atom stereocenters. The average molecular weight is 193 g/mol. The summed E-state index contributed by atoms with van der Waals surface area (Å²) in [4.78, 5) is 14.8. The van der Waals surface area contributed by atoms with E-state index in [4.69, 9.17) is 5.73 Å². The van der Waals surface area contributed by atoms with Gasteiger partial charge in [-0.2, -0.15) is 0 Å². The smallest absolute Gasteiger partial charge is 0.219 e. The van der Waals surface area contributed by atoms with Crippen molar-refractivity contribution >= 4 is 11.6 Å². The number of nitrogens with one attached hydrogen (secondary N) is 1. The van der Waals surface area contributed by atoms with Crippen LogP contribution in [0.4, 0.5) is 5.69 Å². The normalized spacial score (nSPS) is 12.1. The fourth-order valence-electron chi connectivity index (χ4n) is 1.26. The molecule has 0 fully saturated rings. The summed E-state index contributed by atoms with van der Waals surface area (Å²) in [7, 11) is 0. The molecule has 0 saturated heterocycles. The molecule has 0 radical (unpaired) electrons. The first-order valence-electron chi connectivity index (χ1n) is 4.56.